The highest BCUT2D eigenvalue weighted by atomic mass is 32.2. The summed E-state index contributed by atoms with van der Waals surface area (Å²) in [6.07, 6.45) is 4.22. The summed E-state index contributed by atoms with van der Waals surface area (Å²) in [5.41, 5.74) is 1.58. The first-order chi connectivity index (χ1) is 8.33. The van der Waals surface area contributed by atoms with Gasteiger partial charge >= 0.3 is 0 Å². The van der Waals surface area contributed by atoms with Crippen molar-refractivity contribution >= 4 is 17.5 Å². The summed E-state index contributed by atoms with van der Waals surface area (Å²) in [6.45, 7) is 0. The number of carbonyl (C=O) groups is 1. The fraction of sp³-hybridized carbons (Fsp3) is 0.231. The molecule has 3 nitrogen and oxygen atoms in total. The summed E-state index contributed by atoms with van der Waals surface area (Å²) >= 11 is 1.68. The van der Waals surface area contributed by atoms with Gasteiger partial charge in [0.1, 0.15) is 5.69 Å². The van der Waals surface area contributed by atoms with Gasteiger partial charge < -0.3 is 0 Å². The number of para-hydroxylation sites is 1. The minimum absolute atomic E-state index is 0.140. The van der Waals surface area contributed by atoms with Gasteiger partial charge in [0, 0.05) is 12.2 Å². The Kier molecular flexibility index (Phi) is 3.98. The van der Waals surface area contributed by atoms with E-state index >= 15 is 0 Å². The average molecular weight is 246 g/mol. The van der Waals surface area contributed by atoms with Gasteiger partial charge in [-0.05, 0) is 24.5 Å². The van der Waals surface area contributed by atoms with Gasteiger partial charge in [0.05, 0.1) is 11.9 Å². The minimum atomic E-state index is 0.140. The molecule has 1 aromatic carbocycles. The molecule has 88 valence electrons. The highest BCUT2D eigenvalue weighted by Gasteiger charge is 2.12. The van der Waals surface area contributed by atoms with E-state index < -0.39 is 0 Å². The molecule has 2 rings (SSSR count). The molecule has 17 heavy (non-hydrogen) atoms. The summed E-state index contributed by atoms with van der Waals surface area (Å²) in [5, 5.41) is 4.20. The molecule has 0 fully saturated rings. The largest absolute Gasteiger partial charge is 0.292 e. The standard InChI is InChI=1S/C13H14N2OS/c1-17-10-8-13(16)12-7-9-14-15(12)11-5-3-2-4-6-11/h2-7,9H,8,10H2,1H3. The molecule has 0 bridgehead atoms. The Morgan fingerprint density at radius 1 is 1.29 bits per heavy atom. The number of aromatic nitrogens is 2. The predicted octanol–water partition coefficient (Wildman–Crippen LogP) is 2.81. The maximum Gasteiger partial charge on any atom is 0.182 e. The van der Waals surface area contributed by atoms with E-state index in [4.69, 9.17) is 0 Å². The lowest BCUT2D eigenvalue weighted by atomic mass is 10.2. The monoisotopic (exact) mass is 246 g/mol. The van der Waals surface area contributed by atoms with Crippen molar-refractivity contribution in [2.24, 2.45) is 0 Å². The highest BCUT2D eigenvalue weighted by Crippen LogP contribution is 2.12. The number of thioether (sulfide) groups is 1. The predicted molar refractivity (Wildman–Crippen MR) is 70.9 cm³/mol. The molecule has 0 unspecified atom stereocenters. The van der Waals surface area contributed by atoms with Gasteiger partial charge in [0.15, 0.2) is 5.78 Å². The van der Waals surface area contributed by atoms with Crippen LogP contribution in [0.25, 0.3) is 5.69 Å². The zero-order valence-electron chi connectivity index (χ0n) is 9.67. The third-order valence-electron chi connectivity index (χ3n) is 2.46. The molecule has 1 heterocycles. The molecule has 0 saturated heterocycles. The van der Waals surface area contributed by atoms with Crippen molar-refractivity contribution in [1.82, 2.24) is 9.78 Å². The van der Waals surface area contributed by atoms with E-state index in [1.54, 1.807) is 28.7 Å². The molecule has 1 aromatic heterocycles. The van der Waals surface area contributed by atoms with Crippen molar-refractivity contribution in [3.63, 3.8) is 0 Å². The number of rotatable bonds is 5. The zero-order valence-corrected chi connectivity index (χ0v) is 10.5. The highest BCUT2D eigenvalue weighted by molar-refractivity contribution is 7.98. The van der Waals surface area contributed by atoms with Crippen LogP contribution in [0.1, 0.15) is 16.9 Å². The lowest BCUT2D eigenvalue weighted by Gasteiger charge is -2.05. The second-order valence-electron chi connectivity index (χ2n) is 3.63. The van der Waals surface area contributed by atoms with Crippen molar-refractivity contribution in [3.8, 4) is 5.69 Å². The van der Waals surface area contributed by atoms with Crippen molar-refractivity contribution < 1.29 is 4.79 Å². The van der Waals surface area contributed by atoms with Crippen LogP contribution in [0, 0.1) is 0 Å². The van der Waals surface area contributed by atoms with Gasteiger partial charge in [-0.2, -0.15) is 16.9 Å². The van der Waals surface area contributed by atoms with Gasteiger partial charge in [-0.15, -0.1) is 0 Å². The Hall–Kier alpha value is -1.55. The third-order valence-corrected chi connectivity index (χ3v) is 3.07. The molecule has 4 heteroatoms. The number of nitrogens with zero attached hydrogens (tertiary/aromatic N) is 2. The Labute approximate surface area is 105 Å². The van der Waals surface area contributed by atoms with E-state index in [9.17, 15) is 4.79 Å². The molecule has 0 atom stereocenters. The molecular weight excluding hydrogens is 232 g/mol. The second-order valence-corrected chi connectivity index (χ2v) is 4.62. The van der Waals surface area contributed by atoms with Crippen LogP contribution in [0.3, 0.4) is 0 Å². The molecule has 2 aromatic rings. The first-order valence-electron chi connectivity index (χ1n) is 5.44. The van der Waals surface area contributed by atoms with E-state index in [-0.39, 0.29) is 5.78 Å². The molecule has 0 saturated carbocycles. The minimum Gasteiger partial charge on any atom is -0.292 e. The third kappa shape index (κ3) is 2.77. The Bertz CT molecular complexity index is 493. The maximum atomic E-state index is 12.0. The van der Waals surface area contributed by atoms with Gasteiger partial charge in [-0.3, -0.25) is 4.79 Å². The molecule has 0 aliphatic heterocycles. The van der Waals surface area contributed by atoms with Crippen LogP contribution in [0.5, 0.6) is 0 Å². The van der Waals surface area contributed by atoms with E-state index in [1.807, 2.05) is 36.6 Å². The van der Waals surface area contributed by atoms with E-state index in [0.29, 0.717) is 12.1 Å². The molecule has 0 amide bonds. The van der Waals surface area contributed by atoms with Crippen molar-refractivity contribution in [3.05, 3.63) is 48.3 Å². The average Bonchev–Trinajstić information content (AvgIpc) is 2.86. The van der Waals surface area contributed by atoms with Gasteiger partial charge in [0.2, 0.25) is 0 Å². The van der Waals surface area contributed by atoms with E-state index in [2.05, 4.69) is 5.10 Å². The summed E-state index contributed by atoms with van der Waals surface area (Å²) in [7, 11) is 0. The molecule has 0 radical (unpaired) electrons. The summed E-state index contributed by atoms with van der Waals surface area (Å²) < 4.78 is 1.70. The summed E-state index contributed by atoms with van der Waals surface area (Å²) in [5.74, 6) is 0.986. The second kappa shape index (κ2) is 5.68. The zero-order chi connectivity index (χ0) is 12.1. The van der Waals surface area contributed by atoms with Crippen LogP contribution >= 0.6 is 11.8 Å². The molecule has 0 aliphatic carbocycles. The SMILES string of the molecule is CSCCC(=O)c1ccnn1-c1ccccc1. The van der Waals surface area contributed by atoms with Crippen LogP contribution in [0.2, 0.25) is 0 Å². The fourth-order valence-corrected chi connectivity index (χ4v) is 2.00. The number of hydrogen-bond donors (Lipinski definition) is 0. The lowest BCUT2D eigenvalue weighted by molar-refractivity contribution is 0.0982. The topological polar surface area (TPSA) is 34.9 Å². The van der Waals surface area contributed by atoms with E-state index in [0.717, 1.165) is 11.4 Å². The van der Waals surface area contributed by atoms with Crippen molar-refractivity contribution in [2.75, 3.05) is 12.0 Å². The smallest absolute Gasteiger partial charge is 0.182 e. The normalized spacial score (nSPS) is 10.4. The van der Waals surface area contributed by atoms with Crippen molar-refractivity contribution in [1.29, 1.82) is 0 Å². The Morgan fingerprint density at radius 2 is 2.06 bits per heavy atom. The first-order valence-corrected chi connectivity index (χ1v) is 6.84. The van der Waals surface area contributed by atoms with Gasteiger partial charge in [-0.1, -0.05) is 18.2 Å². The van der Waals surface area contributed by atoms with Crippen LogP contribution < -0.4 is 0 Å². The Morgan fingerprint density at radius 3 is 2.76 bits per heavy atom. The number of hydrogen-bond acceptors (Lipinski definition) is 3. The number of benzene rings is 1. The van der Waals surface area contributed by atoms with Crippen LogP contribution in [-0.2, 0) is 0 Å². The van der Waals surface area contributed by atoms with Crippen LogP contribution in [0.15, 0.2) is 42.6 Å². The maximum absolute atomic E-state index is 12.0. The fourth-order valence-electron chi connectivity index (χ4n) is 1.61. The van der Waals surface area contributed by atoms with Crippen LogP contribution in [-0.4, -0.2) is 27.6 Å². The molecular formula is C13H14N2OS. The van der Waals surface area contributed by atoms with Gasteiger partial charge in [0.25, 0.3) is 0 Å². The Balaban J connectivity index is 2.26. The van der Waals surface area contributed by atoms with Crippen molar-refractivity contribution in [2.45, 2.75) is 6.42 Å². The molecule has 0 aliphatic rings. The molecule has 0 N–H and O–H groups in total. The van der Waals surface area contributed by atoms with E-state index in [1.165, 1.54) is 0 Å². The quantitative estimate of drug-likeness (QED) is 0.761. The van der Waals surface area contributed by atoms with Crippen LogP contribution in [0.4, 0.5) is 0 Å². The summed E-state index contributed by atoms with van der Waals surface area (Å²) in [6, 6.07) is 11.5. The van der Waals surface area contributed by atoms with Gasteiger partial charge in [-0.25, -0.2) is 4.68 Å². The number of Topliss-reactive ketones (excluding diaryl/α,β-unsaturated/α-hetero) is 1. The number of ketones is 1. The number of carbonyl (C=O) groups excluding carboxylic acids is 1. The molecule has 0 spiro atoms. The lowest BCUT2D eigenvalue weighted by Crippen LogP contribution is -2.09. The summed E-state index contributed by atoms with van der Waals surface area (Å²) in [4.78, 5) is 12.0. The first kappa shape index (κ1) is 11.9.